The van der Waals surface area contributed by atoms with E-state index in [1.807, 2.05) is 61.6 Å². The Morgan fingerprint density at radius 3 is 2.42 bits per heavy atom. The second-order valence-corrected chi connectivity index (χ2v) is 10.5. The number of fused-ring (bicyclic) bond motifs is 3. The van der Waals surface area contributed by atoms with Crippen molar-refractivity contribution in [2.45, 2.75) is 52.6 Å². The Bertz CT molecular complexity index is 1570. The maximum atomic E-state index is 13.5. The van der Waals surface area contributed by atoms with Crippen molar-refractivity contribution in [2.24, 2.45) is 0 Å². The molecule has 3 aromatic heterocycles. The van der Waals surface area contributed by atoms with Crippen LogP contribution >= 0.6 is 0 Å². The van der Waals surface area contributed by atoms with Crippen LogP contribution in [-0.4, -0.2) is 70.5 Å². The lowest BCUT2D eigenvalue weighted by molar-refractivity contribution is -0.125. The molecule has 0 saturated carbocycles. The first-order valence-corrected chi connectivity index (χ1v) is 14.7. The second kappa shape index (κ2) is 11.7. The summed E-state index contributed by atoms with van der Waals surface area (Å²) in [6, 6.07) is 5.93. The maximum absolute atomic E-state index is 13.5. The van der Waals surface area contributed by atoms with Gasteiger partial charge in [0.1, 0.15) is 41.5 Å². The van der Waals surface area contributed by atoms with Crippen molar-refractivity contribution >= 4 is 40.5 Å². The van der Waals surface area contributed by atoms with Gasteiger partial charge in [0, 0.05) is 55.6 Å². The molecule has 1 saturated heterocycles. The highest BCUT2D eigenvalue weighted by atomic mass is 32.2. The van der Waals surface area contributed by atoms with Gasteiger partial charge in [0.2, 0.25) is 0 Å². The van der Waals surface area contributed by atoms with Crippen molar-refractivity contribution in [2.75, 3.05) is 24.7 Å². The van der Waals surface area contributed by atoms with E-state index in [1.165, 1.54) is 0 Å². The minimum absolute atomic E-state index is 0.0351. The smallest absolute Gasteiger partial charge is 0.252 e. The number of nitrogens with zero attached hydrogens (tertiary/aromatic N) is 8. The van der Waals surface area contributed by atoms with Gasteiger partial charge in [0.15, 0.2) is 5.65 Å². The van der Waals surface area contributed by atoms with E-state index in [1.54, 1.807) is 36.9 Å². The number of hydrogen-bond donors (Lipinski definition) is 0. The number of aromatic nitrogens is 6. The molecule has 5 heterocycles. The van der Waals surface area contributed by atoms with Gasteiger partial charge >= 0.3 is 0 Å². The molecule has 2 atom stereocenters. The van der Waals surface area contributed by atoms with Gasteiger partial charge in [0.05, 0.1) is 16.5 Å². The Morgan fingerprint density at radius 2 is 1.77 bits per heavy atom. The van der Waals surface area contributed by atoms with E-state index in [0.717, 1.165) is 40.3 Å². The number of rotatable bonds is 4. The highest BCUT2D eigenvalue weighted by Crippen LogP contribution is 2.51. The van der Waals surface area contributed by atoms with E-state index in [0.29, 0.717) is 36.5 Å². The maximum Gasteiger partial charge on any atom is 0.252 e. The van der Waals surface area contributed by atoms with Gasteiger partial charge in [-0.15, -0.1) is 0 Å². The van der Waals surface area contributed by atoms with Crippen LogP contribution in [0.15, 0.2) is 36.9 Å². The molecule has 0 bridgehead atoms. The molecular formula is C28H34N8O3S. The zero-order valence-corrected chi connectivity index (χ0v) is 24.5. The van der Waals surface area contributed by atoms with Gasteiger partial charge in [-0.1, -0.05) is 19.9 Å². The number of benzene rings is 1. The fourth-order valence-electron chi connectivity index (χ4n) is 5.61. The standard InChI is InChI=1S/C25H26N8O2S.C2H6.CH2O/c1-5-32-22(17-12-26-15(2)27-13-17)30-21-20(28-14-29-23(21)32)16-7-8-19-18(11-16)25(24(34)31(19)3)9-6-10-33(25)36(4)35;2*1-2/h7-8,11-14H,5-6,9-10H2,1-4H3;1-2H3;1H2. The average Bonchev–Trinajstić information content (AvgIpc) is 3.66. The van der Waals surface area contributed by atoms with Crippen LogP contribution in [0.3, 0.4) is 0 Å². The van der Waals surface area contributed by atoms with Crippen LogP contribution < -0.4 is 4.90 Å². The summed E-state index contributed by atoms with van der Waals surface area (Å²) < 4.78 is 16.5. The zero-order valence-electron chi connectivity index (χ0n) is 23.7. The van der Waals surface area contributed by atoms with Crippen LogP contribution in [0.2, 0.25) is 0 Å². The molecule has 1 fully saturated rings. The second-order valence-electron chi connectivity index (χ2n) is 9.18. The van der Waals surface area contributed by atoms with E-state index in [4.69, 9.17) is 9.78 Å². The van der Waals surface area contributed by atoms with Gasteiger partial charge in [-0.25, -0.2) is 33.4 Å². The Hall–Kier alpha value is -3.90. The molecule has 1 aromatic carbocycles. The molecule has 2 aliphatic rings. The highest BCUT2D eigenvalue weighted by Gasteiger charge is 2.57. The third kappa shape index (κ3) is 4.40. The van der Waals surface area contributed by atoms with E-state index in [2.05, 4.69) is 19.9 Å². The van der Waals surface area contributed by atoms with Gasteiger partial charge in [0.25, 0.3) is 5.91 Å². The average molecular weight is 563 g/mol. The number of anilines is 1. The van der Waals surface area contributed by atoms with Crippen LogP contribution in [-0.2, 0) is 32.7 Å². The monoisotopic (exact) mass is 562 g/mol. The van der Waals surface area contributed by atoms with Crippen LogP contribution in [0.1, 0.15) is 45.0 Å². The predicted molar refractivity (Wildman–Crippen MR) is 156 cm³/mol. The molecular weight excluding hydrogens is 528 g/mol. The summed E-state index contributed by atoms with van der Waals surface area (Å²) in [6.45, 7) is 11.2. The molecule has 1 spiro atoms. The first kappa shape index (κ1) is 29.1. The van der Waals surface area contributed by atoms with Crippen LogP contribution in [0.25, 0.3) is 33.8 Å². The fourth-order valence-corrected chi connectivity index (χ4v) is 6.70. The van der Waals surface area contributed by atoms with Gasteiger partial charge in [-0.05, 0) is 38.8 Å². The molecule has 2 aliphatic heterocycles. The number of imidazole rings is 1. The van der Waals surface area contributed by atoms with Crippen molar-refractivity contribution in [3.8, 4) is 22.6 Å². The third-order valence-corrected chi connectivity index (χ3v) is 8.37. The minimum atomic E-state index is -1.28. The zero-order chi connectivity index (χ0) is 29.2. The molecule has 12 heteroatoms. The SMILES string of the molecule is C=O.CC.CCn1c(-c2cnc(C)nc2)nc2c(-c3ccc4c(c3)C3(CCCN3S(C)=O)C(=O)N4C)ncnc21. The molecule has 11 nitrogen and oxygen atoms in total. The topological polar surface area (TPSA) is 127 Å². The summed E-state index contributed by atoms with van der Waals surface area (Å²) in [4.78, 5) is 46.0. The van der Waals surface area contributed by atoms with Crippen LogP contribution in [0, 0.1) is 6.92 Å². The Labute approximate surface area is 236 Å². The van der Waals surface area contributed by atoms with Crippen molar-refractivity contribution in [1.82, 2.24) is 33.8 Å². The first-order chi connectivity index (χ1) is 19.4. The number of likely N-dealkylation sites (N-methyl/N-ethyl adjacent to an activating group) is 1. The van der Waals surface area contributed by atoms with Crippen molar-refractivity contribution in [3.05, 3.63) is 48.3 Å². The lowest BCUT2D eigenvalue weighted by Gasteiger charge is -2.31. The largest absolute Gasteiger partial charge is 0.313 e. The molecule has 0 aliphatic carbocycles. The lowest BCUT2D eigenvalue weighted by atomic mass is 9.88. The number of carbonyl (C=O) groups is 2. The molecule has 2 unspecified atom stereocenters. The van der Waals surface area contributed by atoms with Gasteiger partial charge < -0.3 is 14.3 Å². The summed E-state index contributed by atoms with van der Waals surface area (Å²) in [6.07, 6.45) is 8.16. The Morgan fingerprint density at radius 1 is 1.07 bits per heavy atom. The van der Waals surface area contributed by atoms with Crippen LogP contribution in [0.4, 0.5) is 5.69 Å². The van der Waals surface area contributed by atoms with Gasteiger partial charge in [-0.3, -0.25) is 4.79 Å². The Balaban J connectivity index is 0.000000886. The number of hydrogen-bond acceptors (Lipinski definition) is 8. The quantitative estimate of drug-likeness (QED) is 0.369. The summed E-state index contributed by atoms with van der Waals surface area (Å²) in [5.74, 6) is 1.39. The van der Waals surface area contributed by atoms with Crippen molar-refractivity contribution in [3.63, 3.8) is 0 Å². The number of amides is 1. The normalized spacial score (nSPS) is 18.8. The molecule has 4 aromatic rings. The van der Waals surface area contributed by atoms with Crippen molar-refractivity contribution < 1.29 is 13.8 Å². The van der Waals surface area contributed by atoms with E-state index >= 15 is 0 Å². The molecule has 210 valence electrons. The van der Waals surface area contributed by atoms with Crippen LogP contribution in [0.5, 0.6) is 0 Å². The van der Waals surface area contributed by atoms with E-state index < -0.39 is 16.5 Å². The fraction of sp³-hybridized carbons (Fsp3) is 0.393. The number of aryl methyl sites for hydroxylation is 2. The highest BCUT2D eigenvalue weighted by molar-refractivity contribution is 7.81. The molecule has 6 rings (SSSR count). The van der Waals surface area contributed by atoms with Crippen molar-refractivity contribution in [1.29, 1.82) is 0 Å². The number of carbonyl (C=O) groups excluding carboxylic acids is 2. The van der Waals surface area contributed by atoms with E-state index in [-0.39, 0.29) is 5.91 Å². The molecule has 40 heavy (non-hydrogen) atoms. The summed E-state index contributed by atoms with van der Waals surface area (Å²) in [7, 11) is 0.506. The minimum Gasteiger partial charge on any atom is -0.313 e. The first-order valence-electron chi connectivity index (χ1n) is 13.2. The summed E-state index contributed by atoms with van der Waals surface area (Å²) in [5, 5.41) is 0. The molecule has 1 amide bonds. The Kier molecular flexibility index (Phi) is 8.50. The van der Waals surface area contributed by atoms with E-state index in [9.17, 15) is 9.00 Å². The summed E-state index contributed by atoms with van der Waals surface area (Å²) in [5.41, 5.74) is 4.51. The molecule has 0 radical (unpaired) electrons. The lowest BCUT2D eigenvalue weighted by Crippen LogP contribution is -2.49. The molecule has 0 N–H and O–H groups in total. The summed E-state index contributed by atoms with van der Waals surface area (Å²) >= 11 is 0. The van der Waals surface area contributed by atoms with Gasteiger partial charge in [-0.2, -0.15) is 0 Å². The third-order valence-electron chi connectivity index (χ3n) is 7.26. The predicted octanol–water partition coefficient (Wildman–Crippen LogP) is 3.68.